The standard InChI is InChI=1S/C21H19N5O2/c22-14-26-11-10-15(13-26)23-21(27)19-12-18(24-25-19)17-8-4-5-9-20(17)28-16-6-2-1-3-7-16/h1-9,12,15H,10-11,13H2,(H,23,27)(H,24,25)/t15-/m0/s1. The van der Waals surface area contributed by atoms with E-state index >= 15 is 0 Å². The summed E-state index contributed by atoms with van der Waals surface area (Å²) in [5.41, 5.74) is 1.79. The number of para-hydroxylation sites is 2. The van der Waals surface area contributed by atoms with E-state index in [1.165, 1.54) is 0 Å². The molecule has 1 fully saturated rings. The number of amides is 1. The van der Waals surface area contributed by atoms with E-state index in [1.54, 1.807) is 11.0 Å². The monoisotopic (exact) mass is 373 g/mol. The first-order valence-electron chi connectivity index (χ1n) is 9.06. The number of carbonyl (C=O) groups excluding carboxylic acids is 1. The van der Waals surface area contributed by atoms with Crippen LogP contribution in [-0.4, -0.2) is 40.1 Å². The molecule has 2 heterocycles. The van der Waals surface area contributed by atoms with Gasteiger partial charge in [-0.25, -0.2) is 0 Å². The molecule has 3 aromatic rings. The highest BCUT2D eigenvalue weighted by Gasteiger charge is 2.24. The summed E-state index contributed by atoms with van der Waals surface area (Å²) in [6.07, 6.45) is 2.86. The van der Waals surface area contributed by atoms with Gasteiger partial charge in [-0.3, -0.25) is 9.89 Å². The van der Waals surface area contributed by atoms with Gasteiger partial charge in [0.1, 0.15) is 17.2 Å². The fourth-order valence-corrected chi connectivity index (χ4v) is 3.19. The first-order valence-corrected chi connectivity index (χ1v) is 9.06. The molecule has 1 aliphatic rings. The van der Waals surface area contributed by atoms with Crippen molar-refractivity contribution in [3.8, 4) is 28.9 Å². The molecule has 0 aliphatic carbocycles. The quantitative estimate of drug-likeness (QED) is 0.670. The Morgan fingerprint density at radius 3 is 2.79 bits per heavy atom. The molecular formula is C21H19N5O2. The number of benzene rings is 2. The van der Waals surface area contributed by atoms with E-state index in [-0.39, 0.29) is 11.9 Å². The van der Waals surface area contributed by atoms with Crippen LogP contribution in [0.4, 0.5) is 0 Å². The lowest BCUT2D eigenvalue weighted by atomic mass is 10.1. The minimum absolute atomic E-state index is 0.0346. The number of carbonyl (C=O) groups is 1. The molecule has 1 aliphatic heterocycles. The number of aromatic nitrogens is 2. The van der Waals surface area contributed by atoms with Gasteiger partial charge < -0.3 is 15.0 Å². The van der Waals surface area contributed by atoms with Gasteiger partial charge >= 0.3 is 0 Å². The largest absolute Gasteiger partial charge is 0.457 e. The maximum Gasteiger partial charge on any atom is 0.269 e. The van der Waals surface area contributed by atoms with Crippen LogP contribution >= 0.6 is 0 Å². The zero-order chi connectivity index (χ0) is 19.3. The van der Waals surface area contributed by atoms with Crippen molar-refractivity contribution in [1.82, 2.24) is 20.4 Å². The zero-order valence-electron chi connectivity index (χ0n) is 15.1. The normalized spacial score (nSPS) is 15.8. The molecule has 28 heavy (non-hydrogen) atoms. The number of nitrogens with zero attached hydrogens (tertiary/aromatic N) is 3. The van der Waals surface area contributed by atoms with Gasteiger partial charge in [0.15, 0.2) is 6.19 Å². The number of hydrogen-bond donors (Lipinski definition) is 2. The maximum atomic E-state index is 12.5. The summed E-state index contributed by atoms with van der Waals surface area (Å²) in [5, 5.41) is 19.0. The lowest BCUT2D eigenvalue weighted by Crippen LogP contribution is -2.36. The number of ether oxygens (including phenoxy) is 1. The molecule has 0 radical (unpaired) electrons. The van der Waals surface area contributed by atoms with Crippen LogP contribution in [0.1, 0.15) is 16.9 Å². The van der Waals surface area contributed by atoms with Crippen LogP contribution in [-0.2, 0) is 0 Å². The number of nitrogens with one attached hydrogen (secondary N) is 2. The Labute approximate surface area is 162 Å². The van der Waals surface area contributed by atoms with Gasteiger partial charge in [-0.05, 0) is 36.8 Å². The van der Waals surface area contributed by atoms with E-state index in [0.29, 0.717) is 30.2 Å². The number of nitriles is 1. The predicted molar refractivity (Wildman–Crippen MR) is 104 cm³/mol. The van der Waals surface area contributed by atoms with Crippen LogP contribution in [0.5, 0.6) is 11.5 Å². The second-order valence-electron chi connectivity index (χ2n) is 6.58. The molecule has 7 nitrogen and oxygen atoms in total. The summed E-state index contributed by atoms with van der Waals surface area (Å²) in [7, 11) is 0. The van der Waals surface area contributed by atoms with Gasteiger partial charge in [0.2, 0.25) is 0 Å². The van der Waals surface area contributed by atoms with Gasteiger partial charge in [-0.15, -0.1) is 0 Å². The fraction of sp³-hybridized carbons (Fsp3) is 0.190. The third-order valence-electron chi connectivity index (χ3n) is 4.62. The molecule has 0 spiro atoms. The van der Waals surface area contributed by atoms with E-state index in [1.807, 2.05) is 54.6 Å². The molecule has 0 unspecified atom stereocenters. The molecule has 1 amide bonds. The minimum atomic E-state index is -0.231. The van der Waals surface area contributed by atoms with Crippen molar-refractivity contribution in [3.63, 3.8) is 0 Å². The highest BCUT2D eigenvalue weighted by molar-refractivity contribution is 5.93. The highest BCUT2D eigenvalue weighted by Crippen LogP contribution is 2.32. The van der Waals surface area contributed by atoms with E-state index in [2.05, 4.69) is 21.7 Å². The summed E-state index contributed by atoms with van der Waals surface area (Å²) in [4.78, 5) is 14.1. The zero-order valence-corrected chi connectivity index (χ0v) is 15.1. The third-order valence-corrected chi connectivity index (χ3v) is 4.62. The molecule has 2 N–H and O–H groups in total. The van der Waals surface area contributed by atoms with Crippen LogP contribution < -0.4 is 10.1 Å². The fourth-order valence-electron chi connectivity index (χ4n) is 3.19. The lowest BCUT2D eigenvalue weighted by molar-refractivity contribution is 0.0933. The lowest BCUT2D eigenvalue weighted by Gasteiger charge is -2.11. The Morgan fingerprint density at radius 2 is 2.00 bits per heavy atom. The molecule has 0 bridgehead atoms. The Bertz CT molecular complexity index is 1010. The SMILES string of the molecule is N#CN1CC[C@H](NC(=O)c2cc(-c3ccccc3Oc3ccccc3)n[nH]2)C1. The summed E-state index contributed by atoms with van der Waals surface area (Å²) in [6.45, 7) is 1.21. The molecule has 7 heteroatoms. The summed E-state index contributed by atoms with van der Waals surface area (Å²) in [6, 6.07) is 18.7. The van der Waals surface area contributed by atoms with Gasteiger partial charge in [0.25, 0.3) is 5.91 Å². The molecule has 4 rings (SSSR count). The minimum Gasteiger partial charge on any atom is -0.457 e. The maximum absolute atomic E-state index is 12.5. The molecular weight excluding hydrogens is 354 g/mol. The summed E-state index contributed by atoms with van der Waals surface area (Å²) in [5.74, 6) is 1.16. The van der Waals surface area contributed by atoms with E-state index < -0.39 is 0 Å². The van der Waals surface area contributed by atoms with Crippen LogP contribution in [0.15, 0.2) is 60.7 Å². The smallest absolute Gasteiger partial charge is 0.269 e. The molecule has 1 aromatic heterocycles. The first kappa shape index (κ1) is 17.6. The average Bonchev–Trinajstić information content (AvgIpc) is 3.39. The molecule has 1 saturated heterocycles. The number of likely N-dealkylation sites (tertiary alicyclic amines) is 1. The van der Waals surface area contributed by atoms with Crippen molar-refractivity contribution in [1.29, 1.82) is 5.26 Å². The number of hydrogen-bond acceptors (Lipinski definition) is 5. The van der Waals surface area contributed by atoms with Crippen LogP contribution in [0.3, 0.4) is 0 Å². The topological polar surface area (TPSA) is 94.0 Å². The van der Waals surface area contributed by atoms with Crippen molar-refractivity contribution in [2.24, 2.45) is 0 Å². The van der Waals surface area contributed by atoms with Crippen LogP contribution in [0.25, 0.3) is 11.3 Å². The second kappa shape index (κ2) is 7.84. The molecule has 0 saturated carbocycles. The number of rotatable bonds is 5. The van der Waals surface area contributed by atoms with Crippen molar-refractivity contribution in [2.45, 2.75) is 12.5 Å². The summed E-state index contributed by atoms with van der Waals surface area (Å²) >= 11 is 0. The van der Waals surface area contributed by atoms with Gasteiger partial charge in [-0.2, -0.15) is 10.4 Å². The molecule has 1 atom stereocenters. The van der Waals surface area contributed by atoms with Crippen LogP contribution in [0, 0.1) is 11.5 Å². The Hall–Kier alpha value is -3.79. The Morgan fingerprint density at radius 1 is 1.21 bits per heavy atom. The van der Waals surface area contributed by atoms with E-state index in [0.717, 1.165) is 17.7 Å². The van der Waals surface area contributed by atoms with Crippen molar-refractivity contribution < 1.29 is 9.53 Å². The molecule has 2 aromatic carbocycles. The second-order valence-corrected chi connectivity index (χ2v) is 6.58. The van der Waals surface area contributed by atoms with Crippen LogP contribution in [0.2, 0.25) is 0 Å². The van der Waals surface area contributed by atoms with E-state index in [4.69, 9.17) is 10.00 Å². The number of H-pyrrole nitrogens is 1. The highest BCUT2D eigenvalue weighted by atomic mass is 16.5. The van der Waals surface area contributed by atoms with E-state index in [9.17, 15) is 4.79 Å². The Balaban J connectivity index is 1.50. The van der Waals surface area contributed by atoms with Crippen molar-refractivity contribution in [3.05, 3.63) is 66.4 Å². The van der Waals surface area contributed by atoms with Gasteiger partial charge in [0, 0.05) is 24.7 Å². The Kier molecular flexibility index (Phi) is 4.93. The van der Waals surface area contributed by atoms with Crippen molar-refractivity contribution >= 4 is 5.91 Å². The summed E-state index contributed by atoms with van der Waals surface area (Å²) < 4.78 is 5.97. The third kappa shape index (κ3) is 3.81. The predicted octanol–water partition coefficient (Wildman–Crippen LogP) is 3.15. The average molecular weight is 373 g/mol. The molecule has 140 valence electrons. The van der Waals surface area contributed by atoms with Crippen molar-refractivity contribution in [2.75, 3.05) is 13.1 Å². The first-order chi connectivity index (χ1) is 13.7. The van der Waals surface area contributed by atoms with Gasteiger partial charge in [-0.1, -0.05) is 30.3 Å². The van der Waals surface area contributed by atoms with Gasteiger partial charge in [0.05, 0.1) is 5.69 Å². The number of aromatic amines is 1.